The maximum Gasteiger partial charge on any atom is 0.414 e. The van der Waals surface area contributed by atoms with Crippen molar-refractivity contribution >= 4 is 17.1 Å². The molecule has 110 valence electrons. The van der Waals surface area contributed by atoms with Crippen LogP contribution in [-0.4, -0.2) is 22.6 Å². The minimum absolute atomic E-state index is 0.204. The van der Waals surface area contributed by atoms with Gasteiger partial charge in [-0.25, -0.2) is 14.8 Å². The van der Waals surface area contributed by atoms with Crippen molar-refractivity contribution in [3.05, 3.63) is 54.6 Å². The first-order chi connectivity index (χ1) is 10.8. The Labute approximate surface area is 128 Å². The molecule has 0 saturated heterocycles. The number of amides is 1. The van der Waals surface area contributed by atoms with Crippen LogP contribution in [0.1, 0.15) is 6.92 Å². The van der Waals surface area contributed by atoms with Gasteiger partial charge in [0.25, 0.3) is 5.88 Å². The van der Waals surface area contributed by atoms with Crippen LogP contribution in [0, 0.1) is 0 Å². The Morgan fingerprint density at radius 2 is 1.64 bits per heavy atom. The van der Waals surface area contributed by atoms with E-state index in [1.807, 2.05) is 61.5 Å². The largest absolute Gasteiger partial charge is 0.414 e. The molecule has 5 nitrogen and oxygen atoms in total. The highest BCUT2D eigenvalue weighted by molar-refractivity contribution is 5.81. The van der Waals surface area contributed by atoms with Gasteiger partial charge in [-0.3, -0.25) is 0 Å². The van der Waals surface area contributed by atoms with Crippen molar-refractivity contribution in [2.24, 2.45) is 0 Å². The summed E-state index contributed by atoms with van der Waals surface area (Å²) in [5.41, 5.74) is 2.83. The Bertz CT molecular complexity index is 803. The van der Waals surface area contributed by atoms with E-state index in [4.69, 9.17) is 4.74 Å². The molecule has 2 aromatic carbocycles. The van der Waals surface area contributed by atoms with Crippen LogP contribution in [0.4, 0.5) is 4.79 Å². The Hall–Kier alpha value is -2.95. The standard InChI is InChI=1S/C17H15N3O2/c1-2-18-17(21)22-16-15(12-8-4-3-5-9-12)19-13-10-6-7-11-14(13)20-16/h3-11H,2H2,1H3,(H,18,21). The smallest absolute Gasteiger partial charge is 0.389 e. The van der Waals surface area contributed by atoms with Crippen molar-refractivity contribution in [2.45, 2.75) is 6.92 Å². The maximum absolute atomic E-state index is 11.7. The molecule has 3 aromatic rings. The average molecular weight is 293 g/mol. The number of carbonyl (C=O) groups excluding carboxylic acids is 1. The summed E-state index contributed by atoms with van der Waals surface area (Å²) in [4.78, 5) is 20.8. The number of rotatable bonds is 3. The quantitative estimate of drug-likeness (QED) is 0.803. The molecule has 0 aliphatic heterocycles. The van der Waals surface area contributed by atoms with E-state index in [1.165, 1.54) is 0 Å². The molecule has 0 spiro atoms. The highest BCUT2D eigenvalue weighted by atomic mass is 16.6. The number of ether oxygens (including phenoxy) is 1. The van der Waals surface area contributed by atoms with E-state index in [0.717, 1.165) is 11.1 Å². The molecule has 5 heteroatoms. The lowest BCUT2D eigenvalue weighted by atomic mass is 10.1. The van der Waals surface area contributed by atoms with Crippen molar-refractivity contribution < 1.29 is 9.53 Å². The number of nitrogens with one attached hydrogen (secondary N) is 1. The van der Waals surface area contributed by atoms with E-state index in [0.29, 0.717) is 17.8 Å². The zero-order valence-corrected chi connectivity index (χ0v) is 12.1. The highest BCUT2D eigenvalue weighted by Crippen LogP contribution is 2.28. The molecule has 0 aliphatic carbocycles. The first-order valence-electron chi connectivity index (χ1n) is 7.06. The molecule has 1 amide bonds. The second kappa shape index (κ2) is 6.22. The number of benzene rings is 2. The van der Waals surface area contributed by atoms with Crippen molar-refractivity contribution in [3.8, 4) is 17.1 Å². The van der Waals surface area contributed by atoms with Crippen LogP contribution >= 0.6 is 0 Å². The fraction of sp³-hybridized carbons (Fsp3) is 0.118. The van der Waals surface area contributed by atoms with Crippen LogP contribution in [0.2, 0.25) is 0 Å². The van der Waals surface area contributed by atoms with E-state index in [-0.39, 0.29) is 5.88 Å². The van der Waals surface area contributed by atoms with Gasteiger partial charge in [0.2, 0.25) is 0 Å². The molecule has 3 rings (SSSR count). The fourth-order valence-corrected chi connectivity index (χ4v) is 2.11. The van der Waals surface area contributed by atoms with Gasteiger partial charge in [-0.15, -0.1) is 0 Å². The first-order valence-corrected chi connectivity index (χ1v) is 7.06. The van der Waals surface area contributed by atoms with E-state index in [9.17, 15) is 4.79 Å². The molecule has 0 bridgehead atoms. The van der Waals surface area contributed by atoms with Gasteiger partial charge in [-0.2, -0.15) is 0 Å². The zero-order valence-electron chi connectivity index (χ0n) is 12.1. The van der Waals surface area contributed by atoms with Crippen molar-refractivity contribution in [1.29, 1.82) is 0 Å². The van der Waals surface area contributed by atoms with Gasteiger partial charge in [0.05, 0.1) is 11.0 Å². The van der Waals surface area contributed by atoms with Gasteiger partial charge in [-0.1, -0.05) is 42.5 Å². The van der Waals surface area contributed by atoms with E-state index >= 15 is 0 Å². The monoisotopic (exact) mass is 293 g/mol. The van der Waals surface area contributed by atoms with Crippen LogP contribution in [0.25, 0.3) is 22.3 Å². The molecule has 0 atom stereocenters. The summed E-state index contributed by atoms with van der Waals surface area (Å²) in [6, 6.07) is 17.0. The van der Waals surface area contributed by atoms with Crippen LogP contribution in [0.15, 0.2) is 54.6 Å². The lowest BCUT2D eigenvalue weighted by Gasteiger charge is -2.10. The summed E-state index contributed by atoms with van der Waals surface area (Å²) in [6.45, 7) is 2.31. The zero-order chi connectivity index (χ0) is 15.4. The summed E-state index contributed by atoms with van der Waals surface area (Å²) in [7, 11) is 0. The van der Waals surface area contributed by atoms with Gasteiger partial charge < -0.3 is 10.1 Å². The minimum atomic E-state index is -0.538. The predicted molar refractivity (Wildman–Crippen MR) is 84.7 cm³/mol. The number of para-hydroxylation sites is 2. The van der Waals surface area contributed by atoms with Gasteiger partial charge in [-0.05, 0) is 19.1 Å². The average Bonchev–Trinajstić information content (AvgIpc) is 2.55. The van der Waals surface area contributed by atoms with Crippen LogP contribution in [-0.2, 0) is 0 Å². The summed E-state index contributed by atoms with van der Waals surface area (Å²) in [5.74, 6) is 0.204. The van der Waals surface area contributed by atoms with Gasteiger partial charge in [0.1, 0.15) is 5.69 Å². The molecule has 1 N–H and O–H groups in total. The number of nitrogens with zero attached hydrogens (tertiary/aromatic N) is 2. The fourth-order valence-electron chi connectivity index (χ4n) is 2.11. The molecule has 22 heavy (non-hydrogen) atoms. The second-order valence-electron chi connectivity index (χ2n) is 4.65. The molecule has 0 unspecified atom stereocenters. The molecular formula is C17H15N3O2. The number of hydrogen-bond acceptors (Lipinski definition) is 4. The Morgan fingerprint density at radius 1 is 1.00 bits per heavy atom. The van der Waals surface area contributed by atoms with Crippen molar-refractivity contribution in [1.82, 2.24) is 15.3 Å². The Balaban J connectivity index is 2.12. The molecule has 1 heterocycles. The second-order valence-corrected chi connectivity index (χ2v) is 4.65. The number of carbonyl (C=O) groups is 1. The molecule has 1 aromatic heterocycles. The van der Waals surface area contributed by atoms with Crippen LogP contribution < -0.4 is 10.1 Å². The molecule has 0 fully saturated rings. The third-order valence-corrected chi connectivity index (χ3v) is 3.10. The highest BCUT2D eigenvalue weighted by Gasteiger charge is 2.15. The van der Waals surface area contributed by atoms with Gasteiger partial charge in [0.15, 0.2) is 0 Å². The third-order valence-electron chi connectivity index (χ3n) is 3.10. The summed E-state index contributed by atoms with van der Waals surface area (Å²) >= 11 is 0. The normalized spacial score (nSPS) is 10.4. The molecular weight excluding hydrogens is 278 g/mol. The molecule has 0 aliphatic rings. The summed E-state index contributed by atoms with van der Waals surface area (Å²) in [6.07, 6.45) is -0.538. The van der Waals surface area contributed by atoms with Gasteiger partial charge >= 0.3 is 6.09 Å². The first kappa shape index (κ1) is 14.0. The lowest BCUT2D eigenvalue weighted by Crippen LogP contribution is -2.26. The van der Waals surface area contributed by atoms with Crippen LogP contribution in [0.3, 0.4) is 0 Å². The summed E-state index contributed by atoms with van der Waals surface area (Å²) < 4.78 is 5.32. The predicted octanol–water partition coefficient (Wildman–Crippen LogP) is 3.41. The lowest BCUT2D eigenvalue weighted by molar-refractivity contribution is 0.199. The number of aromatic nitrogens is 2. The van der Waals surface area contributed by atoms with E-state index in [2.05, 4.69) is 15.3 Å². The minimum Gasteiger partial charge on any atom is -0.389 e. The van der Waals surface area contributed by atoms with Gasteiger partial charge in [0, 0.05) is 12.1 Å². The van der Waals surface area contributed by atoms with E-state index < -0.39 is 6.09 Å². The molecule has 0 radical (unpaired) electrons. The summed E-state index contributed by atoms with van der Waals surface area (Å²) in [5, 5.41) is 2.59. The number of hydrogen-bond donors (Lipinski definition) is 1. The topological polar surface area (TPSA) is 64.1 Å². The third kappa shape index (κ3) is 2.88. The van der Waals surface area contributed by atoms with Crippen molar-refractivity contribution in [3.63, 3.8) is 0 Å². The SMILES string of the molecule is CCNC(=O)Oc1nc2ccccc2nc1-c1ccccc1. The van der Waals surface area contributed by atoms with Crippen LogP contribution in [0.5, 0.6) is 5.88 Å². The Morgan fingerprint density at radius 3 is 2.32 bits per heavy atom. The van der Waals surface area contributed by atoms with Crippen molar-refractivity contribution in [2.75, 3.05) is 6.54 Å². The maximum atomic E-state index is 11.7. The Kier molecular flexibility index (Phi) is 3.96. The van der Waals surface area contributed by atoms with E-state index in [1.54, 1.807) is 0 Å². The molecule has 0 saturated carbocycles. The number of fused-ring (bicyclic) bond motifs is 1.